The number of benzene rings is 1. The Kier molecular flexibility index (Phi) is 3.98. The van der Waals surface area contributed by atoms with E-state index in [4.69, 9.17) is 5.26 Å². The van der Waals surface area contributed by atoms with Gasteiger partial charge in [0.1, 0.15) is 6.07 Å². The van der Waals surface area contributed by atoms with Gasteiger partial charge < -0.3 is 5.32 Å². The number of ketones is 1. The Hall–Kier alpha value is -2.12. The summed E-state index contributed by atoms with van der Waals surface area (Å²) in [5, 5.41) is 14.4. The molecule has 1 heterocycles. The molecule has 2 aromatic rings. The zero-order valence-corrected chi connectivity index (χ0v) is 11.6. The molecular formula is C15H14N2OS. The predicted molar refractivity (Wildman–Crippen MR) is 77.5 cm³/mol. The van der Waals surface area contributed by atoms with E-state index in [2.05, 4.69) is 11.4 Å². The van der Waals surface area contributed by atoms with Gasteiger partial charge in [-0.05, 0) is 43.5 Å². The lowest BCUT2D eigenvalue weighted by molar-refractivity contribution is 0.101. The lowest BCUT2D eigenvalue weighted by Gasteiger charge is -2.15. The summed E-state index contributed by atoms with van der Waals surface area (Å²) in [6.45, 7) is 3.56. The van der Waals surface area contributed by atoms with Crippen LogP contribution >= 0.6 is 11.3 Å². The van der Waals surface area contributed by atoms with Gasteiger partial charge >= 0.3 is 0 Å². The number of thiophene rings is 1. The number of hydrogen-bond acceptors (Lipinski definition) is 4. The molecule has 4 heteroatoms. The summed E-state index contributed by atoms with van der Waals surface area (Å²) in [5.41, 5.74) is 1.87. The van der Waals surface area contributed by atoms with Crippen molar-refractivity contribution in [1.29, 1.82) is 5.26 Å². The molecule has 96 valence electrons. The Labute approximate surface area is 116 Å². The summed E-state index contributed by atoms with van der Waals surface area (Å²) in [6.07, 6.45) is 0. The van der Waals surface area contributed by atoms with Crippen molar-refractivity contribution >= 4 is 22.8 Å². The fourth-order valence-electron chi connectivity index (χ4n) is 1.82. The number of anilines is 1. The molecule has 0 radical (unpaired) electrons. The van der Waals surface area contributed by atoms with E-state index < -0.39 is 0 Å². The summed E-state index contributed by atoms with van der Waals surface area (Å²) in [7, 11) is 0. The topological polar surface area (TPSA) is 52.9 Å². The van der Waals surface area contributed by atoms with Gasteiger partial charge in [0.2, 0.25) is 0 Å². The molecule has 2 rings (SSSR count). The number of Topliss-reactive ketones (excluding diaryl/α,β-unsaturated/α-hetero) is 1. The van der Waals surface area contributed by atoms with Crippen LogP contribution < -0.4 is 5.32 Å². The van der Waals surface area contributed by atoms with Crippen LogP contribution in [0.4, 0.5) is 5.69 Å². The van der Waals surface area contributed by atoms with Gasteiger partial charge in [0.15, 0.2) is 5.78 Å². The Bertz CT molecular complexity index is 626. The largest absolute Gasteiger partial charge is 0.377 e. The Morgan fingerprint density at radius 3 is 2.79 bits per heavy atom. The molecule has 0 aliphatic heterocycles. The van der Waals surface area contributed by atoms with E-state index >= 15 is 0 Å². The van der Waals surface area contributed by atoms with Crippen molar-refractivity contribution in [3.8, 4) is 6.07 Å². The zero-order valence-electron chi connectivity index (χ0n) is 10.8. The van der Waals surface area contributed by atoms with Crippen LogP contribution in [0.1, 0.15) is 40.7 Å². The molecule has 0 amide bonds. The summed E-state index contributed by atoms with van der Waals surface area (Å²) >= 11 is 1.66. The van der Waals surface area contributed by atoms with Crippen molar-refractivity contribution in [2.24, 2.45) is 0 Å². The lowest BCUT2D eigenvalue weighted by atomic mass is 10.1. The van der Waals surface area contributed by atoms with E-state index in [9.17, 15) is 4.79 Å². The number of nitrogens with one attached hydrogen (secondary N) is 1. The van der Waals surface area contributed by atoms with Crippen molar-refractivity contribution in [3.05, 3.63) is 51.7 Å². The van der Waals surface area contributed by atoms with Gasteiger partial charge in [-0.15, -0.1) is 11.3 Å². The minimum atomic E-state index is -0.00341. The van der Waals surface area contributed by atoms with E-state index in [0.29, 0.717) is 16.8 Å². The first-order chi connectivity index (χ1) is 9.11. The minimum absolute atomic E-state index is 0.00341. The van der Waals surface area contributed by atoms with Crippen LogP contribution in [0.25, 0.3) is 0 Å². The first kappa shape index (κ1) is 13.3. The van der Waals surface area contributed by atoms with E-state index in [0.717, 1.165) is 0 Å². The number of nitriles is 1. The molecule has 0 bridgehead atoms. The lowest BCUT2D eigenvalue weighted by Crippen LogP contribution is -2.07. The third-order valence-electron chi connectivity index (χ3n) is 2.89. The second-order valence-electron chi connectivity index (χ2n) is 4.31. The molecule has 0 saturated heterocycles. The minimum Gasteiger partial charge on any atom is -0.377 e. The van der Waals surface area contributed by atoms with Crippen LogP contribution in [-0.4, -0.2) is 5.78 Å². The maximum Gasteiger partial charge on any atom is 0.159 e. The summed E-state index contributed by atoms with van der Waals surface area (Å²) in [4.78, 5) is 12.6. The van der Waals surface area contributed by atoms with E-state index in [1.54, 1.807) is 29.5 Å². The SMILES string of the molecule is CC(=O)c1ccc(C#N)c(NC(C)c2cccs2)c1. The average Bonchev–Trinajstić information content (AvgIpc) is 2.92. The van der Waals surface area contributed by atoms with Crippen LogP contribution in [-0.2, 0) is 0 Å². The van der Waals surface area contributed by atoms with E-state index in [-0.39, 0.29) is 11.8 Å². The number of carbonyl (C=O) groups is 1. The maximum atomic E-state index is 11.4. The van der Waals surface area contributed by atoms with E-state index in [1.807, 2.05) is 24.4 Å². The number of hydrogen-bond donors (Lipinski definition) is 1. The van der Waals surface area contributed by atoms with Crippen LogP contribution in [0.2, 0.25) is 0 Å². The van der Waals surface area contributed by atoms with Crippen LogP contribution in [0.15, 0.2) is 35.7 Å². The molecule has 1 aromatic carbocycles. The Morgan fingerprint density at radius 1 is 1.42 bits per heavy atom. The highest BCUT2D eigenvalue weighted by Gasteiger charge is 2.11. The van der Waals surface area contributed by atoms with Crippen molar-refractivity contribution in [2.75, 3.05) is 5.32 Å². The van der Waals surface area contributed by atoms with Crippen LogP contribution in [0.3, 0.4) is 0 Å². The standard InChI is InChI=1S/C15H14N2OS/c1-10(15-4-3-7-19-15)17-14-8-12(11(2)18)5-6-13(14)9-16/h3-8,10,17H,1-2H3. The normalized spacial score (nSPS) is 11.6. The number of rotatable bonds is 4. The van der Waals surface area contributed by atoms with Crippen molar-refractivity contribution < 1.29 is 4.79 Å². The molecule has 0 saturated carbocycles. The second kappa shape index (κ2) is 5.68. The Morgan fingerprint density at radius 2 is 2.21 bits per heavy atom. The van der Waals surface area contributed by atoms with Gasteiger partial charge in [-0.2, -0.15) is 5.26 Å². The van der Waals surface area contributed by atoms with Gasteiger partial charge in [-0.1, -0.05) is 6.07 Å². The highest BCUT2D eigenvalue weighted by Crippen LogP contribution is 2.26. The molecule has 0 aliphatic rings. The van der Waals surface area contributed by atoms with Crippen molar-refractivity contribution in [3.63, 3.8) is 0 Å². The number of carbonyl (C=O) groups excluding carboxylic acids is 1. The smallest absolute Gasteiger partial charge is 0.159 e. The van der Waals surface area contributed by atoms with Crippen molar-refractivity contribution in [2.45, 2.75) is 19.9 Å². The molecule has 1 N–H and O–H groups in total. The van der Waals surface area contributed by atoms with Gasteiger partial charge in [0.25, 0.3) is 0 Å². The van der Waals surface area contributed by atoms with Crippen LogP contribution in [0, 0.1) is 11.3 Å². The molecule has 1 aromatic heterocycles. The van der Waals surface area contributed by atoms with Gasteiger partial charge in [-0.25, -0.2) is 0 Å². The van der Waals surface area contributed by atoms with Gasteiger partial charge in [0.05, 0.1) is 17.3 Å². The summed E-state index contributed by atoms with van der Waals surface area (Å²) in [6, 6.07) is 11.4. The zero-order chi connectivity index (χ0) is 13.8. The van der Waals surface area contributed by atoms with Gasteiger partial charge in [-0.3, -0.25) is 4.79 Å². The highest BCUT2D eigenvalue weighted by atomic mass is 32.1. The van der Waals surface area contributed by atoms with Gasteiger partial charge in [0, 0.05) is 10.4 Å². The molecule has 1 unspecified atom stereocenters. The fourth-order valence-corrected chi connectivity index (χ4v) is 2.56. The molecule has 3 nitrogen and oxygen atoms in total. The quantitative estimate of drug-likeness (QED) is 0.854. The Balaban J connectivity index is 2.30. The predicted octanol–water partition coefficient (Wildman–Crippen LogP) is 4.00. The highest BCUT2D eigenvalue weighted by molar-refractivity contribution is 7.10. The maximum absolute atomic E-state index is 11.4. The summed E-state index contributed by atoms with van der Waals surface area (Å²) < 4.78 is 0. The fraction of sp³-hybridized carbons (Fsp3) is 0.200. The van der Waals surface area contributed by atoms with Crippen LogP contribution in [0.5, 0.6) is 0 Å². The average molecular weight is 270 g/mol. The second-order valence-corrected chi connectivity index (χ2v) is 5.29. The molecule has 19 heavy (non-hydrogen) atoms. The first-order valence-electron chi connectivity index (χ1n) is 5.97. The molecule has 0 aliphatic carbocycles. The van der Waals surface area contributed by atoms with Crippen molar-refractivity contribution in [1.82, 2.24) is 0 Å². The molecule has 0 fully saturated rings. The first-order valence-corrected chi connectivity index (χ1v) is 6.85. The van der Waals surface area contributed by atoms with E-state index in [1.165, 1.54) is 11.8 Å². The number of nitrogens with zero attached hydrogens (tertiary/aromatic N) is 1. The molecule has 0 spiro atoms. The molecule has 1 atom stereocenters. The third-order valence-corrected chi connectivity index (χ3v) is 3.94. The summed E-state index contributed by atoms with van der Waals surface area (Å²) in [5.74, 6) is -0.00341. The third kappa shape index (κ3) is 3.01. The molecular weight excluding hydrogens is 256 g/mol. The monoisotopic (exact) mass is 270 g/mol.